The van der Waals surface area contributed by atoms with Crippen LogP contribution in [0.1, 0.15) is 6.42 Å². The molecule has 0 amide bonds. The van der Waals surface area contributed by atoms with Gasteiger partial charge in [-0.2, -0.15) is 4.68 Å². The van der Waals surface area contributed by atoms with E-state index < -0.39 is 0 Å². The van der Waals surface area contributed by atoms with Gasteiger partial charge in [-0.3, -0.25) is 9.69 Å². The smallest absolute Gasteiger partial charge is 0.278 e. The summed E-state index contributed by atoms with van der Waals surface area (Å²) in [6.45, 7) is 1.22. The van der Waals surface area contributed by atoms with Crippen molar-refractivity contribution in [1.29, 1.82) is 0 Å². The minimum Gasteiger partial charge on any atom is -0.396 e. The Morgan fingerprint density at radius 2 is 2.17 bits per heavy atom. The van der Waals surface area contributed by atoms with Crippen molar-refractivity contribution < 1.29 is 5.11 Å². The Hall–Kier alpha value is -1.79. The molecule has 0 bridgehead atoms. The molecule has 0 aliphatic rings. The van der Waals surface area contributed by atoms with Crippen LogP contribution in [0.3, 0.4) is 0 Å². The summed E-state index contributed by atoms with van der Waals surface area (Å²) in [6.07, 6.45) is 0.673. The molecule has 1 heterocycles. The average molecular weight is 248 g/mol. The molecule has 1 aromatic carbocycles. The van der Waals surface area contributed by atoms with Gasteiger partial charge >= 0.3 is 0 Å². The Kier molecular flexibility index (Phi) is 4.01. The molecule has 0 saturated heterocycles. The number of aromatic nitrogens is 3. The second-order valence-corrected chi connectivity index (χ2v) is 4.21. The first-order chi connectivity index (χ1) is 8.72. The molecule has 6 heteroatoms. The van der Waals surface area contributed by atoms with Crippen molar-refractivity contribution in [2.75, 3.05) is 20.2 Å². The third-order valence-corrected chi connectivity index (χ3v) is 2.70. The van der Waals surface area contributed by atoms with Crippen LogP contribution in [0.2, 0.25) is 0 Å². The Morgan fingerprint density at radius 1 is 1.39 bits per heavy atom. The second kappa shape index (κ2) is 5.70. The lowest BCUT2D eigenvalue weighted by Crippen LogP contribution is -2.33. The van der Waals surface area contributed by atoms with Gasteiger partial charge in [0.05, 0.1) is 12.1 Å². The van der Waals surface area contributed by atoms with Gasteiger partial charge in [0.15, 0.2) is 0 Å². The Labute approximate surface area is 104 Å². The van der Waals surface area contributed by atoms with E-state index in [0.717, 1.165) is 0 Å². The molecule has 0 spiro atoms. The first-order valence-electron chi connectivity index (χ1n) is 5.84. The van der Waals surface area contributed by atoms with Crippen LogP contribution in [0.4, 0.5) is 0 Å². The summed E-state index contributed by atoms with van der Waals surface area (Å²) < 4.78 is 1.33. The van der Waals surface area contributed by atoms with Gasteiger partial charge in [0, 0.05) is 13.2 Å². The number of hydrogen-bond acceptors (Lipinski definition) is 5. The molecule has 0 aliphatic carbocycles. The quantitative estimate of drug-likeness (QED) is 0.810. The van der Waals surface area contributed by atoms with E-state index in [1.54, 1.807) is 12.1 Å². The molecule has 96 valence electrons. The minimum atomic E-state index is -0.142. The molecular formula is C12H16N4O2. The Morgan fingerprint density at radius 3 is 2.94 bits per heavy atom. The molecule has 0 fully saturated rings. The number of benzene rings is 1. The summed E-state index contributed by atoms with van der Waals surface area (Å²) in [4.78, 5) is 14.0. The lowest BCUT2D eigenvalue weighted by molar-refractivity contribution is 0.209. The van der Waals surface area contributed by atoms with Crippen molar-refractivity contribution in [3.63, 3.8) is 0 Å². The number of rotatable bonds is 5. The van der Waals surface area contributed by atoms with Gasteiger partial charge in [-0.05, 0) is 25.6 Å². The minimum absolute atomic E-state index is 0.142. The molecule has 0 unspecified atom stereocenters. The fourth-order valence-electron chi connectivity index (χ4n) is 1.76. The van der Waals surface area contributed by atoms with E-state index in [9.17, 15) is 4.79 Å². The molecular weight excluding hydrogens is 232 g/mol. The van der Waals surface area contributed by atoms with E-state index in [4.69, 9.17) is 5.11 Å². The van der Waals surface area contributed by atoms with E-state index in [0.29, 0.717) is 30.5 Å². The number of aliphatic hydroxyl groups excluding tert-OH is 1. The summed E-state index contributed by atoms with van der Waals surface area (Å²) in [7, 11) is 1.87. The van der Waals surface area contributed by atoms with Crippen LogP contribution in [0.25, 0.3) is 10.9 Å². The molecule has 2 rings (SSSR count). The lowest BCUT2D eigenvalue weighted by atomic mass is 10.2. The van der Waals surface area contributed by atoms with Crippen molar-refractivity contribution in [2.45, 2.75) is 13.1 Å². The van der Waals surface area contributed by atoms with Crippen LogP contribution in [0, 0.1) is 0 Å². The average Bonchev–Trinajstić information content (AvgIpc) is 2.40. The zero-order valence-electron chi connectivity index (χ0n) is 10.3. The largest absolute Gasteiger partial charge is 0.396 e. The molecule has 0 aliphatic heterocycles. The molecule has 0 atom stereocenters. The molecule has 1 aromatic heterocycles. The van der Waals surface area contributed by atoms with Gasteiger partial charge in [-0.15, -0.1) is 5.10 Å². The highest BCUT2D eigenvalue weighted by molar-refractivity contribution is 5.76. The third-order valence-electron chi connectivity index (χ3n) is 2.70. The topological polar surface area (TPSA) is 71.2 Å². The predicted molar refractivity (Wildman–Crippen MR) is 68.1 cm³/mol. The molecule has 2 aromatic rings. The third kappa shape index (κ3) is 2.72. The van der Waals surface area contributed by atoms with Crippen molar-refractivity contribution in [3.05, 3.63) is 34.6 Å². The van der Waals surface area contributed by atoms with Crippen LogP contribution >= 0.6 is 0 Å². The van der Waals surface area contributed by atoms with Gasteiger partial charge in [-0.25, -0.2) is 0 Å². The van der Waals surface area contributed by atoms with Gasteiger partial charge in [-0.1, -0.05) is 17.3 Å². The second-order valence-electron chi connectivity index (χ2n) is 4.21. The van der Waals surface area contributed by atoms with Crippen LogP contribution in [-0.2, 0) is 6.67 Å². The number of hydrogen-bond donors (Lipinski definition) is 1. The maximum atomic E-state index is 12.1. The number of nitrogens with zero attached hydrogens (tertiary/aromatic N) is 4. The molecule has 0 saturated carbocycles. The van der Waals surface area contributed by atoms with E-state index in [-0.39, 0.29) is 12.2 Å². The van der Waals surface area contributed by atoms with E-state index in [2.05, 4.69) is 10.3 Å². The number of fused-ring (bicyclic) bond motifs is 1. The first-order valence-corrected chi connectivity index (χ1v) is 5.84. The van der Waals surface area contributed by atoms with Crippen molar-refractivity contribution in [3.8, 4) is 0 Å². The van der Waals surface area contributed by atoms with Crippen molar-refractivity contribution in [1.82, 2.24) is 19.9 Å². The van der Waals surface area contributed by atoms with Gasteiger partial charge in [0.2, 0.25) is 0 Å². The summed E-state index contributed by atoms with van der Waals surface area (Å²) >= 11 is 0. The van der Waals surface area contributed by atoms with Crippen molar-refractivity contribution in [2.24, 2.45) is 0 Å². The highest BCUT2D eigenvalue weighted by atomic mass is 16.3. The lowest BCUT2D eigenvalue weighted by Gasteiger charge is -2.16. The highest BCUT2D eigenvalue weighted by Gasteiger charge is 2.06. The van der Waals surface area contributed by atoms with Crippen LogP contribution in [0.15, 0.2) is 29.1 Å². The molecule has 1 N–H and O–H groups in total. The summed E-state index contributed by atoms with van der Waals surface area (Å²) in [6, 6.07) is 7.15. The molecule has 18 heavy (non-hydrogen) atoms. The van der Waals surface area contributed by atoms with Gasteiger partial charge in [0.1, 0.15) is 5.52 Å². The maximum absolute atomic E-state index is 12.1. The zero-order chi connectivity index (χ0) is 13.0. The van der Waals surface area contributed by atoms with E-state index in [1.807, 2.05) is 24.1 Å². The van der Waals surface area contributed by atoms with Crippen LogP contribution < -0.4 is 5.56 Å². The van der Waals surface area contributed by atoms with Crippen molar-refractivity contribution >= 4 is 10.9 Å². The summed E-state index contributed by atoms with van der Waals surface area (Å²) in [5, 5.41) is 17.2. The van der Waals surface area contributed by atoms with E-state index in [1.165, 1.54) is 4.68 Å². The zero-order valence-corrected chi connectivity index (χ0v) is 10.3. The normalized spacial score (nSPS) is 11.3. The van der Waals surface area contributed by atoms with Gasteiger partial charge in [0.25, 0.3) is 5.56 Å². The Balaban J connectivity index is 2.24. The molecule has 6 nitrogen and oxygen atoms in total. The summed E-state index contributed by atoms with van der Waals surface area (Å²) in [5.41, 5.74) is 0.466. The fraction of sp³-hybridized carbons (Fsp3) is 0.417. The summed E-state index contributed by atoms with van der Waals surface area (Å²) in [5.74, 6) is 0. The standard InChI is InChI=1S/C12H16N4O2/c1-15(7-4-8-17)9-16-12(18)10-5-2-3-6-11(10)13-14-16/h2-3,5-6,17H,4,7-9H2,1H3. The number of aliphatic hydroxyl groups is 1. The highest BCUT2D eigenvalue weighted by Crippen LogP contribution is 2.03. The first kappa shape index (κ1) is 12.7. The Bertz CT molecular complexity index is 582. The van der Waals surface area contributed by atoms with Crippen LogP contribution in [-0.4, -0.2) is 45.2 Å². The van der Waals surface area contributed by atoms with Gasteiger partial charge < -0.3 is 5.11 Å². The molecule has 0 radical (unpaired) electrons. The monoisotopic (exact) mass is 248 g/mol. The van der Waals surface area contributed by atoms with Crippen LogP contribution in [0.5, 0.6) is 0 Å². The fourth-order valence-corrected chi connectivity index (χ4v) is 1.76. The predicted octanol–water partition coefficient (Wildman–Crippen LogP) is 0.0632. The maximum Gasteiger partial charge on any atom is 0.278 e. The van der Waals surface area contributed by atoms with E-state index >= 15 is 0 Å². The SMILES string of the molecule is CN(CCCO)Cn1nnc2ccccc2c1=O.